The number of unbranched alkanes of at least 4 members (excludes halogenated alkanes) is 1. The molecule has 0 saturated heterocycles. The highest BCUT2D eigenvalue weighted by atomic mass is 35.5. The Morgan fingerprint density at radius 3 is 2.31 bits per heavy atom. The lowest BCUT2D eigenvalue weighted by molar-refractivity contribution is -0.142. The number of carboxylic acids is 1. The third-order valence-corrected chi connectivity index (χ3v) is 1.84. The van der Waals surface area contributed by atoms with Crippen LogP contribution in [0, 0.1) is 0 Å². The topological polar surface area (TPSA) is 66.6 Å². The maximum atomic E-state index is 10.7. The van der Waals surface area contributed by atoms with E-state index in [1.807, 2.05) is 0 Å². The number of halogens is 1. The highest BCUT2D eigenvalue weighted by molar-refractivity contribution is 5.85. The van der Waals surface area contributed by atoms with E-state index in [-0.39, 0.29) is 18.4 Å². The Kier molecular flexibility index (Phi) is 9.67. The van der Waals surface area contributed by atoms with Gasteiger partial charge in [-0.15, -0.1) is 12.4 Å². The van der Waals surface area contributed by atoms with Crippen LogP contribution in [0.1, 0.15) is 19.3 Å². The summed E-state index contributed by atoms with van der Waals surface area (Å²) in [6.45, 7) is 0.639. The first-order chi connectivity index (χ1) is 5.59. The molecule has 0 aromatic heterocycles. The van der Waals surface area contributed by atoms with Crippen molar-refractivity contribution in [3.63, 3.8) is 0 Å². The maximum Gasteiger partial charge on any atom is 0.320 e. The van der Waals surface area contributed by atoms with Gasteiger partial charge in [0.25, 0.3) is 0 Å². The molecule has 0 rings (SSSR count). The van der Waals surface area contributed by atoms with Crippen LogP contribution in [0.3, 0.4) is 0 Å². The zero-order valence-electron chi connectivity index (χ0n) is 8.19. The van der Waals surface area contributed by atoms with Crippen LogP contribution in [0.25, 0.3) is 0 Å². The van der Waals surface area contributed by atoms with Crippen molar-refractivity contribution in [1.29, 1.82) is 0 Å². The molecule has 1 atom stereocenters. The molecule has 0 unspecified atom stereocenters. The predicted molar refractivity (Wildman–Crippen MR) is 55.3 cm³/mol. The molecule has 4 nitrogen and oxygen atoms in total. The number of carbonyl (C=O) groups is 1. The fourth-order valence-electron chi connectivity index (χ4n) is 1.08. The summed E-state index contributed by atoms with van der Waals surface area (Å²) >= 11 is 0. The molecule has 0 aromatic carbocycles. The van der Waals surface area contributed by atoms with Crippen molar-refractivity contribution in [2.45, 2.75) is 25.3 Å². The van der Waals surface area contributed by atoms with Crippen molar-refractivity contribution in [3.8, 4) is 0 Å². The van der Waals surface area contributed by atoms with Gasteiger partial charge in [-0.1, -0.05) is 6.42 Å². The van der Waals surface area contributed by atoms with Crippen molar-refractivity contribution < 1.29 is 9.90 Å². The van der Waals surface area contributed by atoms with Gasteiger partial charge in [0.15, 0.2) is 0 Å². The van der Waals surface area contributed by atoms with Crippen LogP contribution < -0.4 is 5.73 Å². The SMILES string of the molecule is CN(C)[C@@H](CCCCN)C(=O)O.Cl. The fourth-order valence-corrected chi connectivity index (χ4v) is 1.08. The third-order valence-electron chi connectivity index (χ3n) is 1.84. The average Bonchev–Trinajstić information content (AvgIpc) is 1.96. The summed E-state index contributed by atoms with van der Waals surface area (Å²) in [5.74, 6) is -0.753. The monoisotopic (exact) mass is 210 g/mol. The Morgan fingerprint density at radius 1 is 1.46 bits per heavy atom. The average molecular weight is 211 g/mol. The van der Waals surface area contributed by atoms with Gasteiger partial charge in [-0.25, -0.2) is 0 Å². The summed E-state index contributed by atoms with van der Waals surface area (Å²) < 4.78 is 0. The zero-order valence-corrected chi connectivity index (χ0v) is 9.01. The van der Waals surface area contributed by atoms with E-state index in [1.165, 1.54) is 0 Å². The Morgan fingerprint density at radius 2 is 2.00 bits per heavy atom. The van der Waals surface area contributed by atoms with Crippen LogP contribution in [0.4, 0.5) is 0 Å². The van der Waals surface area contributed by atoms with Gasteiger partial charge in [-0.05, 0) is 33.5 Å². The summed E-state index contributed by atoms with van der Waals surface area (Å²) in [5, 5.41) is 8.77. The second-order valence-corrected chi connectivity index (χ2v) is 3.10. The summed E-state index contributed by atoms with van der Waals surface area (Å²) in [4.78, 5) is 12.4. The molecule has 0 saturated carbocycles. The Balaban J connectivity index is 0. The van der Waals surface area contributed by atoms with Gasteiger partial charge in [-0.3, -0.25) is 9.69 Å². The molecule has 0 aliphatic rings. The molecule has 0 amide bonds. The van der Waals surface area contributed by atoms with Gasteiger partial charge >= 0.3 is 5.97 Å². The maximum absolute atomic E-state index is 10.7. The number of nitrogens with zero attached hydrogens (tertiary/aromatic N) is 1. The molecule has 0 bridgehead atoms. The largest absolute Gasteiger partial charge is 0.480 e. The number of hydrogen-bond acceptors (Lipinski definition) is 3. The van der Waals surface area contributed by atoms with Crippen molar-refractivity contribution in [2.75, 3.05) is 20.6 Å². The predicted octanol–water partition coefficient (Wildman–Crippen LogP) is 0.552. The quantitative estimate of drug-likeness (QED) is 0.629. The first-order valence-corrected chi connectivity index (χ1v) is 4.19. The van der Waals surface area contributed by atoms with E-state index in [9.17, 15) is 4.79 Å². The van der Waals surface area contributed by atoms with Gasteiger partial charge in [0.05, 0.1) is 0 Å². The number of carboxylic acid groups (broad SMARTS) is 1. The van der Waals surface area contributed by atoms with E-state index in [1.54, 1.807) is 19.0 Å². The molecule has 0 heterocycles. The molecule has 0 aliphatic carbocycles. The van der Waals surface area contributed by atoms with Crippen molar-refractivity contribution >= 4 is 18.4 Å². The lowest BCUT2D eigenvalue weighted by Crippen LogP contribution is -2.35. The molecular formula is C8H19ClN2O2. The number of rotatable bonds is 6. The first-order valence-electron chi connectivity index (χ1n) is 4.19. The molecule has 13 heavy (non-hydrogen) atoms. The summed E-state index contributed by atoms with van der Waals surface area (Å²) in [6.07, 6.45) is 2.46. The second-order valence-electron chi connectivity index (χ2n) is 3.10. The van der Waals surface area contributed by atoms with Crippen LogP contribution in [-0.2, 0) is 4.79 Å². The minimum atomic E-state index is -0.753. The lowest BCUT2D eigenvalue weighted by Gasteiger charge is -2.19. The van der Waals surface area contributed by atoms with Crippen molar-refractivity contribution in [2.24, 2.45) is 5.73 Å². The molecule has 80 valence electrons. The van der Waals surface area contributed by atoms with Crippen molar-refractivity contribution in [3.05, 3.63) is 0 Å². The summed E-state index contributed by atoms with van der Waals surface area (Å²) in [6, 6.07) is -0.364. The third kappa shape index (κ3) is 6.81. The molecule has 0 fully saturated rings. The number of aliphatic carboxylic acids is 1. The minimum Gasteiger partial charge on any atom is -0.480 e. The molecule has 3 N–H and O–H groups in total. The lowest BCUT2D eigenvalue weighted by atomic mass is 10.1. The van der Waals surface area contributed by atoms with E-state index in [0.717, 1.165) is 12.8 Å². The van der Waals surface area contributed by atoms with Crippen LogP contribution in [0.15, 0.2) is 0 Å². The van der Waals surface area contributed by atoms with E-state index < -0.39 is 5.97 Å². The molecule has 0 spiro atoms. The molecule has 5 heteroatoms. The second kappa shape index (κ2) is 8.29. The van der Waals surface area contributed by atoms with E-state index in [4.69, 9.17) is 10.8 Å². The number of hydrogen-bond donors (Lipinski definition) is 2. The van der Waals surface area contributed by atoms with Gasteiger partial charge < -0.3 is 10.8 Å². The van der Waals surface area contributed by atoms with Crippen LogP contribution in [0.2, 0.25) is 0 Å². The Hall–Kier alpha value is -0.320. The molecule has 0 aromatic rings. The number of likely N-dealkylation sites (N-methyl/N-ethyl adjacent to an activating group) is 1. The van der Waals surface area contributed by atoms with Crippen LogP contribution in [0.5, 0.6) is 0 Å². The van der Waals surface area contributed by atoms with Gasteiger partial charge in [0.1, 0.15) is 6.04 Å². The van der Waals surface area contributed by atoms with Crippen molar-refractivity contribution in [1.82, 2.24) is 4.90 Å². The highest BCUT2D eigenvalue weighted by Crippen LogP contribution is 2.05. The highest BCUT2D eigenvalue weighted by Gasteiger charge is 2.18. The summed E-state index contributed by atoms with van der Waals surface area (Å²) in [5.41, 5.74) is 5.31. The smallest absolute Gasteiger partial charge is 0.320 e. The van der Waals surface area contributed by atoms with E-state index in [2.05, 4.69) is 0 Å². The van der Waals surface area contributed by atoms with Gasteiger partial charge in [-0.2, -0.15) is 0 Å². The first kappa shape index (κ1) is 15.2. The molecular weight excluding hydrogens is 192 g/mol. The van der Waals surface area contributed by atoms with Gasteiger partial charge in [0.2, 0.25) is 0 Å². The zero-order chi connectivity index (χ0) is 9.56. The molecule has 0 radical (unpaired) electrons. The van der Waals surface area contributed by atoms with E-state index >= 15 is 0 Å². The van der Waals surface area contributed by atoms with E-state index in [0.29, 0.717) is 13.0 Å². The number of nitrogens with two attached hydrogens (primary N) is 1. The fraction of sp³-hybridized carbons (Fsp3) is 0.875. The molecule has 0 aliphatic heterocycles. The normalized spacial score (nSPS) is 12.3. The summed E-state index contributed by atoms with van der Waals surface area (Å²) in [7, 11) is 3.56. The van der Waals surface area contributed by atoms with Crippen LogP contribution >= 0.6 is 12.4 Å². The standard InChI is InChI=1S/C8H18N2O2.ClH/c1-10(2)7(8(11)12)5-3-4-6-9;/h7H,3-6,9H2,1-2H3,(H,11,12);1H/t7-;/m0./s1. The van der Waals surface area contributed by atoms with Gasteiger partial charge in [0, 0.05) is 0 Å². The minimum absolute atomic E-state index is 0. The van der Waals surface area contributed by atoms with Crippen LogP contribution in [-0.4, -0.2) is 42.7 Å². The Bertz CT molecular complexity index is 142. The Labute approximate surface area is 85.5 Å².